The molecule has 3 atom stereocenters. The van der Waals surface area contributed by atoms with E-state index in [9.17, 15) is 9.18 Å². The summed E-state index contributed by atoms with van der Waals surface area (Å²) in [6.45, 7) is 7.99. The molecule has 0 spiro atoms. The average Bonchev–Trinajstić information content (AvgIpc) is 3.23. The Hall–Kier alpha value is -1.50. The van der Waals surface area contributed by atoms with Crippen LogP contribution in [-0.2, 0) is 4.74 Å². The van der Waals surface area contributed by atoms with Crippen molar-refractivity contribution in [2.75, 3.05) is 39.3 Å². The van der Waals surface area contributed by atoms with Crippen molar-refractivity contribution in [3.63, 3.8) is 0 Å². The quantitative estimate of drug-likeness (QED) is 0.821. The lowest BCUT2D eigenvalue weighted by atomic mass is 9.91. The third kappa shape index (κ3) is 5.16. The van der Waals surface area contributed by atoms with Crippen LogP contribution in [-0.4, -0.2) is 73.2 Å². The maximum Gasteiger partial charge on any atom is 0.256 e. The van der Waals surface area contributed by atoms with Gasteiger partial charge in [0.25, 0.3) is 5.91 Å². The van der Waals surface area contributed by atoms with E-state index in [0.717, 1.165) is 39.1 Å². The summed E-state index contributed by atoms with van der Waals surface area (Å²) >= 11 is 0. The molecule has 6 heteroatoms. The van der Waals surface area contributed by atoms with E-state index >= 15 is 0 Å². The van der Waals surface area contributed by atoms with Crippen LogP contribution in [0.25, 0.3) is 0 Å². The first-order chi connectivity index (χ1) is 14.1. The van der Waals surface area contributed by atoms with Crippen LogP contribution in [0, 0.1) is 11.7 Å². The largest absolute Gasteiger partial charge is 0.377 e. The summed E-state index contributed by atoms with van der Waals surface area (Å²) < 4.78 is 19.7. The van der Waals surface area contributed by atoms with E-state index in [4.69, 9.17) is 4.74 Å². The topological polar surface area (TPSA) is 44.8 Å². The summed E-state index contributed by atoms with van der Waals surface area (Å²) in [5.74, 6) is 0.00178. The van der Waals surface area contributed by atoms with Crippen LogP contribution in [0.1, 0.15) is 49.4 Å². The van der Waals surface area contributed by atoms with Gasteiger partial charge < -0.3 is 19.9 Å². The highest BCUT2D eigenvalue weighted by Gasteiger charge is 2.31. The highest BCUT2D eigenvalue weighted by Crippen LogP contribution is 2.23. The fraction of sp³-hybridized carbons (Fsp3) is 0.696. The zero-order valence-corrected chi connectivity index (χ0v) is 17.5. The Morgan fingerprint density at radius 3 is 2.66 bits per heavy atom. The molecule has 0 radical (unpaired) electrons. The van der Waals surface area contributed by atoms with Gasteiger partial charge in [-0.2, -0.15) is 0 Å². The SMILES string of the molecule is C[C@@H]1CN(C[C@H]2CCCO2)CC[C@@H]1NC1CCN(C(=O)c2ccccc2F)CC1. The van der Waals surface area contributed by atoms with Crippen molar-refractivity contribution in [1.82, 2.24) is 15.1 Å². The molecular formula is C23H34FN3O2. The predicted molar refractivity (Wildman–Crippen MR) is 111 cm³/mol. The van der Waals surface area contributed by atoms with E-state index in [1.807, 2.05) is 0 Å². The van der Waals surface area contributed by atoms with E-state index in [1.165, 1.54) is 25.3 Å². The van der Waals surface area contributed by atoms with Gasteiger partial charge in [0.2, 0.25) is 0 Å². The summed E-state index contributed by atoms with van der Waals surface area (Å²) in [6.07, 6.45) is 5.88. The number of likely N-dealkylation sites (tertiary alicyclic amines) is 2. The van der Waals surface area contributed by atoms with Crippen LogP contribution in [0.4, 0.5) is 4.39 Å². The molecule has 0 unspecified atom stereocenters. The van der Waals surface area contributed by atoms with Gasteiger partial charge in [0.1, 0.15) is 5.82 Å². The van der Waals surface area contributed by atoms with Gasteiger partial charge in [0.05, 0.1) is 11.7 Å². The normalized spacial score (nSPS) is 29.3. The van der Waals surface area contributed by atoms with E-state index in [0.29, 0.717) is 37.2 Å². The summed E-state index contributed by atoms with van der Waals surface area (Å²) in [4.78, 5) is 17.0. The molecule has 0 aromatic heterocycles. The summed E-state index contributed by atoms with van der Waals surface area (Å²) in [7, 11) is 0. The number of amides is 1. The van der Waals surface area contributed by atoms with Gasteiger partial charge in [0, 0.05) is 44.9 Å². The number of piperidine rings is 2. The lowest BCUT2D eigenvalue weighted by Crippen LogP contribution is -2.54. The summed E-state index contributed by atoms with van der Waals surface area (Å²) in [5.41, 5.74) is 0.186. The second-order valence-electron chi connectivity index (χ2n) is 8.98. The fourth-order valence-corrected chi connectivity index (χ4v) is 5.08. The van der Waals surface area contributed by atoms with Crippen LogP contribution in [0.15, 0.2) is 24.3 Å². The number of benzene rings is 1. The molecule has 4 rings (SSSR count). The maximum atomic E-state index is 13.9. The van der Waals surface area contributed by atoms with Crippen LogP contribution < -0.4 is 5.32 Å². The molecule has 0 aliphatic carbocycles. The smallest absolute Gasteiger partial charge is 0.256 e. The molecule has 0 bridgehead atoms. The van der Waals surface area contributed by atoms with E-state index in [2.05, 4.69) is 17.1 Å². The van der Waals surface area contributed by atoms with Crippen molar-refractivity contribution in [2.24, 2.45) is 5.92 Å². The van der Waals surface area contributed by atoms with Crippen molar-refractivity contribution in [3.05, 3.63) is 35.6 Å². The number of hydrogen-bond donors (Lipinski definition) is 1. The first-order valence-electron chi connectivity index (χ1n) is 11.2. The van der Waals surface area contributed by atoms with E-state index in [-0.39, 0.29) is 11.5 Å². The molecule has 1 amide bonds. The Balaban J connectivity index is 1.22. The highest BCUT2D eigenvalue weighted by molar-refractivity contribution is 5.94. The summed E-state index contributed by atoms with van der Waals surface area (Å²) in [5, 5.41) is 3.86. The van der Waals surface area contributed by atoms with Crippen molar-refractivity contribution >= 4 is 5.91 Å². The van der Waals surface area contributed by atoms with Crippen molar-refractivity contribution < 1.29 is 13.9 Å². The molecule has 5 nitrogen and oxygen atoms in total. The highest BCUT2D eigenvalue weighted by atomic mass is 19.1. The van der Waals surface area contributed by atoms with Gasteiger partial charge in [-0.3, -0.25) is 4.79 Å². The van der Waals surface area contributed by atoms with Crippen LogP contribution in [0.3, 0.4) is 0 Å². The van der Waals surface area contributed by atoms with Crippen molar-refractivity contribution in [1.29, 1.82) is 0 Å². The zero-order chi connectivity index (χ0) is 20.2. The predicted octanol–water partition coefficient (Wildman–Crippen LogP) is 2.91. The van der Waals surface area contributed by atoms with E-state index in [1.54, 1.807) is 23.1 Å². The molecule has 3 aliphatic rings. The molecular weight excluding hydrogens is 369 g/mol. The molecule has 1 aromatic rings. The number of nitrogens with zero attached hydrogens (tertiary/aromatic N) is 2. The Morgan fingerprint density at radius 1 is 1.17 bits per heavy atom. The third-order valence-electron chi connectivity index (χ3n) is 6.81. The Bertz CT molecular complexity index is 686. The first kappa shape index (κ1) is 20.8. The number of carbonyl (C=O) groups is 1. The van der Waals surface area contributed by atoms with Gasteiger partial charge in [-0.15, -0.1) is 0 Å². The van der Waals surface area contributed by atoms with Gasteiger partial charge in [-0.25, -0.2) is 4.39 Å². The van der Waals surface area contributed by atoms with Gasteiger partial charge in [0.15, 0.2) is 0 Å². The van der Waals surface area contributed by atoms with Crippen LogP contribution in [0.5, 0.6) is 0 Å². The van der Waals surface area contributed by atoms with Crippen molar-refractivity contribution in [3.8, 4) is 0 Å². The molecule has 3 heterocycles. The lowest BCUT2D eigenvalue weighted by molar-refractivity contribution is 0.0476. The minimum absolute atomic E-state index is 0.183. The maximum absolute atomic E-state index is 13.9. The minimum Gasteiger partial charge on any atom is -0.377 e. The number of ether oxygens (including phenoxy) is 1. The lowest BCUT2D eigenvalue weighted by Gasteiger charge is -2.41. The number of rotatable bonds is 5. The van der Waals surface area contributed by atoms with Gasteiger partial charge in [-0.1, -0.05) is 19.1 Å². The van der Waals surface area contributed by atoms with Crippen molar-refractivity contribution in [2.45, 2.75) is 57.2 Å². The van der Waals surface area contributed by atoms with Gasteiger partial charge in [-0.05, 0) is 56.7 Å². The third-order valence-corrected chi connectivity index (χ3v) is 6.81. The molecule has 0 saturated carbocycles. The molecule has 1 aromatic carbocycles. The first-order valence-corrected chi connectivity index (χ1v) is 11.2. The van der Waals surface area contributed by atoms with Gasteiger partial charge >= 0.3 is 0 Å². The standard InChI is InChI=1S/C23H34FN3O2/c1-17-15-26(16-19-5-4-14-29-19)11-10-22(17)25-18-8-12-27(13-9-18)23(28)20-6-2-3-7-21(20)24/h2-3,6-7,17-19,22,25H,4-5,8-16H2,1H3/t17-,19-,22+/m1/s1. The fourth-order valence-electron chi connectivity index (χ4n) is 5.08. The zero-order valence-electron chi connectivity index (χ0n) is 17.5. The molecule has 3 aliphatic heterocycles. The number of nitrogens with one attached hydrogen (secondary N) is 1. The minimum atomic E-state index is -0.429. The molecule has 1 N–H and O–H groups in total. The average molecular weight is 404 g/mol. The molecule has 29 heavy (non-hydrogen) atoms. The molecule has 160 valence electrons. The summed E-state index contributed by atoms with van der Waals surface area (Å²) in [6, 6.07) is 7.25. The van der Waals surface area contributed by atoms with E-state index < -0.39 is 5.82 Å². The van der Waals surface area contributed by atoms with Crippen LogP contribution >= 0.6 is 0 Å². The van der Waals surface area contributed by atoms with Crippen LogP contribution in [0.2, 0.25) is 0 Å². The molecule has 3 fully saturated rings. The second-order valence-corrected chi connectivity index (χ2v) is 8.98. The Morgan fingerprint density at radius 2 is 1.97 bits per heavy atom. The molecule has 3 saturated heterocycles. The number of carbonyl (C=O) groups excluding carboxylic acids is 1. The Kier molecular flexibility index (Phi) is 6.83. The second kappa shape index (κ2) is 9.54. The number of hydrogen-bond acceptors (Lipinski definition) is 4. The Labute approximate surface area is 173 Å². The monoisotopic (exact) mass is 403 g/mol. The number of halogens is 1.